The van der Waals surface area contributed by atoms with Crippen LogP contribution >= 0.6 is 23.1 Å². The van der Waals surface area contributed by atoms with E-state index in [9.17, 15) is 4.79 Å². The van der Waals surface area contributed by atoms with Crippen LogP contribution in [-0.4, -0.2) is 35.0 Å². The van der Waals surface area contributed by atoms with Gasteiger partial charge < -0.3 is 10.6 Å². The Labute approximate surface area is 110 Å². The van der Waals surface area contributed by atoms with E-state index in [-0.39, 0.29) is 5.91 Å². The molecule has 0 saturated carbocycles. The van der Waals surface area contributed by atoms with Gasteiger partial charge in [-0.25, -0.2) is 4.98 Å². The van der Waals surface area contributed by atoms with Crippen LogP contribution in [0.15, 0.2) is 5.51 Å². The van der Waals surface area contributed by atoms with Gasteiger partial charge in [0.1, 0.15) is 0 Å². The molecule has 0 bridgehead atoms. The number of thiazole rings is 1. The molecule has 1 unspecified atom stereocenters. The average molecular weight is 271 g/mol. The van der Waals surface area contributed by atoms with Gasteiger partial charge in [0.15, 0.2) is 0 Å². The zero-order valence-electron chi connectivity index (χ0n) is 9.86. The molecule has 0 aromatic carbocycles. The predicted molar refractivity (Wildman–Crippen MR) is 72.4 cm³/mol. The van der Waals surface area contributed by atoms with Crippen LogP contribution in [0.25, 0.3) is 0 Å². The minimum Gasteiger partial charge on any atom is -0.351 e. The Kier molecular flexibility index (Phi) is 4.82. The Balaban J connectivity index is 1.72. The molecule has 2 rings (SSSR count). The van der Waals surface area contributed by atoms with Gasteiger partial charge in [-0.05, 0) is 6.92 Å². The highest BCUT2D eigenvalue weighted by molar-refractivity contribution is 7.99. The van der Waals surface area contributed by atoms with Crippen molar-refractivity contribution in [2.75, 3.05) is 18.1 Å². The molecule has 1 amide bonds. The van der Waals surface area contributed by atoms with E-state index >= 15 is 0 Å². The molecule has 1 aromatic heterocycles. The van der Waals surface area contributed by atoms with Crippen molar-refractivity contribution in [1.29, 1.82) is 0 Å². The molecule has 2 heterocycles. The van der Waals surface area contributed by atoms with Gasteiger partial charge in [0.2, 0.25) is 5.91 Å². The van der Waals surface area contributed by atoms with Gasteiger partial charge in [-0.15, -0.1) is 11.3 Å². The molecule has 94 valence electrons. The summed E-state index contributed by atoms with van der Waals surface area (Å²) in [6, 6.07) is 0.330. The van der Waals surface area contributed by atoms with Crippen LogP contribution in [-0.2, 0) is 11.3 Å². The normalized spacial score (nSPS) is 20.2. The molecule has 1 aliphatic heterocycles. The third-order valence-corrected chi connectivity index (χ3v) is 4.79. The summed E-state index contributed by atoms with van der Waals surface area (Å²) < 4.78 is 0. The van der Waals surface area contributed by atoms with Crippen LogP contribution < -0.4 is 10.6 Å². The number of carbonyl (C=O) groups excluding carboxylic acids is 1. The van der Waals surface area contributed by atoms with Crippen molar-refractivity contribution in [3.05, 3.63) is 16.1 Å². The van der Waals surface area contributed by atoms with Crippen LogP contribution in [0.3, 0.4) is 0 Å². The molecule has 17 heavy (non-hydrogen) atoms. The first-order chi connectivity index (χ1) is 8.25. The number of thioether (sulfide) groups is 1. The second-order valence-electron chi connectivity index (χ2n) is 4.07. The topological polar surface area (TPSA) is 54.0 Å². The van der Waals surface area contributed by atoms with Crippen molar-refractivity contribution in [2.24, 2.45) is 0 Å². The minimum absolute atomic E-state index is 0.123. The van der Waals surface area contributed by atoms with Gasteiger partial charge in [-0.2, -0.15) is 11.8 Å². The number of amides is 1. The van der Waals surface area contributed by atoms with E-state index < -0.39 is 0 Å². The van der Waals surface area contributed by atoms with E-state index in [1.54, 1.807) is 11.3 Å². The quantitative estimate of drug-likeness (QED) is 0.863. The molecule has 6 heteroatoms. The maximum atomic E-state index is 11.7. The Bertz CT molecular complexity index is 375. The fraction of sp³-hybridized carbons (Fsp3) is 0.636. The summed E-state index contributed by atoms with van der Waals surface area (Å²) in [7, 11) is 0. The first-order valence-corrected chi connectivity index (χ1v) is 7.76. The molecule has 1 fully saturated rings. The first-order valence-electron chi connectivity index (χ1n) is 5.72. The maximum Gasteiger partial charge on any atom is 0.221 e. The van der Waals surface area contributed by atoms with Gasteiger partial charge >= 0.3 is 0 Å². The lowest BCUT2D eigenvalue weighted by molar-refractivity contribution is -0.121. The van der Waals surface area contributed by atoms with Gasteiger partial charge in [0.25, 0.3) is 0 Å². The van der Waals surface area contributed by atoms with Crippen molar-refractivity contribution in [3.8, 4) is 0 Å². The summed E-state index contributed by atoms with van der Waals surface area (Å²) in [5, 5.41) is 6.32. The molecule has 1 atom stereocenters. The molecule has 2 N–H and O–H groups in total. The average Bonchev–Trinajstić information content (AvgIpc) is 2.74. The van der Waals surface area contributed by atoms with E-state index in [2.05, 4.69) is 15.6 Å². The maximum absolute atomic E-state index is 11.7. The highest BCUT2D eigenvalue weighted by Crippen LogP contribution is 2.12. The lowest BCUT2D eigenvalue weighted by Crippen LogP contribution is -2.41. The van der Waals surface area contributed by atoms with Crippen LogP contribution in [0.4, 0.5) is 0 Å². The smallest absolute Gasteiger partial charge is 0.221 e. The molecule has 0 spiro atoms. The SMILES string of the molecule is Cc1ncsc1CNC(=O)CC1CSCCN1. The molecule has 0 radical (unpaired) electrons. The predicted octanol–water partition coefficient (Wildman–Crippen LogP) is 1.16. The third kappa shape index (κ3) is 3.97. The summed E-state index contributed by atoms with van der Waals surface area (Å²) in [5.41, 5.74) is 2.83. The van der Waals surface area contributed by atoms with Crippen molar-refractivity contribution in [1.82, 2.24) is 15.6 Å². The summed E-state index contributed by atoms with van der Waals surface area (Å²) >= 11 is 3.50. The first kappa shape index (κ1) is 12.9. The van der Waals surface area contributed by atoms with Gasteiger partial charge in [0.05, 0.1) is 17.7 Å². The summed E-state index contributed by atoms with van der Waals surface area (Å²) in [6.45, 7) is 3.59. The Hall–Kier alpha value is -0.590. The molecular weight excluding hydrogens is 254 g/mol. The van der Waals surface area contributed by atoms with Crippen LogP contribution in [0.2, 0.25) is 0 Å². The Morgan fingerprint density at radius 2 is 2.59 bits per heavy atom. The van der Waals surface area contributed by atoms with Crippen LogP contribution in [0.1, 0.15) is 17.0 Å². The van der Waals surface area contributed by atoms with E-state index in [4.69, 9.17) is 0 Å². The summed E-state index contributed by atoms with van der Waals surface area (Å²) in [4.78, 5) is 17.0. The monoisotopic (exact) mass is 271 g/mol. The van der Waals surface area contributed by atoms with E-state index in [1.807, 2.05) is 24.2 Å². The minimum atomic E-state index is 0.123. The molecular formula is C11H17N3OS2. The third-order valence-electron chi connectivity index (χ3n) is 2.72. The highest BCUT2D eigenvalue weighted by Gasteiger charge is 2.16. The molecule has 0 aliphatic carbocycles. The Morgan fingerprint density at radius 3 is 3.24 bits per heavy atom. The number of carbonyl (C=O) groups is 1. The highest BCUT2D eigenvalue weighted by atomic mass is 32.2. The van der Waals surface area contributed by atoms with Crippen molar-refractivity contribution in [3.63, 3.8) is 0 Å². The largest absolute Gasteiger partial charge is 0.351 e. The van der Waals surface area contributed by atoms with E-state index in [1.165, 1.54) is 0 Å². The molecule has 1 aromatic rings. The van der Waals surface area contributed by atoms with Gasteiger partial charge in [-0.3, -0.25) is 4.79 Å². The number of nitrogens with one attached hydrogen (secondary N) is 2. The number of nitrogens with zero attached hydrogens (tertiary/aromatic N) is 1. The zero-order chi connectivity index (χ0) is 12.1. The number of hydrogen-bond acceptors (Lipinski definition) is 5. The van der Waals surface area contributed by atoms with Crippen molar-refractivity contribution in [2.45, 2.75) is 25.9 Å². The standard InChI is InChI=1S/C11H17N3OS2/c1-8-10(17-7-14-8)5-13-11(15)4-9-6-16-3-2-12-9/h7,9,12H,2-6H2,1H3,(H,13,15). The molecule has 1 aliphatic rings. The number of aromatic nitrogens is 1. The lowest BCUT2D eigenvalue weighted by Gasteiger charge is -2.22. The number of aryl methyl sites for hydroxylation is 1. The van der Waals surface area contributed by atoms with Gasteiger partial charge in [0, 0.05) is 35.4 Å². The molecule has 4 nitrogen and oxygen atoms in total. The fourth-order valence-corrected chi connectivity index (χ4v) is 3.39. The number of rotatable bonds is 4. The van der Waals surface area contributed by atoms with E-state index in [0.717, 1.165) is 28.6 Å². The van der Waals surface area contributed by atoms with Crippen molar-refractivity contribution < 1.29 is 4.79 Å². The lowest BCUT2D eigenvalue weighted by atomic mass is 10.2. The van der Waals surface area contributed by atoms with Crippen molar-refractivity contribution >= 4 is 29.0 Å². The van der Waals surface area contributed by atoms with E-state index in [0.29, 0.717) is 19.0 Å². The summed E-state index contributed by atoms with van der Waals surface area (Å²) in [6.07, 6.45) is 0.574. The van der Waals surface area contributed by atoms with Crippen LogP contribution in [0.5, 0.6) is 0 Å². The second-order valence-corrected chi connectivity index (χ2v) is 6.16. The second kappa shape index (κ2) is 6.37. The summed E-state index contributed by atoms with van der Waals surface area (Å²) in [5.74, 6) is 2.31. The Morgan fingerprint density at radius 1 is 1.71 bits per heavy atom. The fourth-order valence-electron chi connectivity index (χ4n) is 1.72. The van der Waals surface area contributed by atoms with Crippen LogP contribution in [0, 0.1) is 6.92 Å². The van der Waals surface area contributed by atoms with Gasteiger partial charge in [-0.1, -0.05) is 0 Å². The molecule has 1 saturated heterocycles. The zero-order valence-corrected chi connectivity index (χ0v) is 11.5. The number of hydrogen-bond donors (Lipinski definition) is 2.